The fourth-order valence-electron chi connectivity index (χ4n) is 3.77. The lowest BCUT2D eigenvalue weighted by Gasteiger charge is -2.35. The monoisotopic (exact) mass is 381 g/mol. The molecule has 4 nitrogen and oxygen atoms in total. The van der Waals surface area contributed by atoms with Gasteiger partial charge in [-0.05, 0) is 36.2 Å². The number of carbonyl (C=O) groups is 1. The number of carbonyl (C=O) groups excluding carboxylic acids is 1. The van der Waals surface area contributed by atoms with E-state index >= 15 is 0 Å². The Morgan fingerprint density at radius 2 is 1.89 bits per heavy atom. The van der Waals surface area contributed by atoms with Gasteiger partial charge in [-0.2, -0.15) is 0 Å². The summed E-state index contributed by atoms with van der Waals surface area (Å²) in [6.45, 7) is 4.89. The predicted molar refractivity (Wildman–Crippen MR) is 112 cm³/mol. The molecule has 2 aliphatic rings. The average Bonchev–Trinajstić information content (AvgIpc) is 2.69. The van der Waals surface area contributed by atoms with Crippen LogP contribution in [0, 0.1) is 5.92 Å². The highest BCUT2D eigenvalue weighted by Gasteiger charge is 2.23. The zero-order chi connectivity index (χ0) is 18.6. The predicted octanol–water partition coefficient (Wildman–Crippen LogP) is 3.83. The molecular weight excluding hydrogens is 358 g/mol. The summed E-state index contributed by atoms with van der Waals surface area (Å²) in [6, 6.07) is 16.1. The Labute approximate surface area is 165 Å². The zero-order valence-corrected chi connectivity index (χ0v) is 16.0. The molecule has 2 heterocycles. The van der Waals surface area contributed by atoms with Crippen LogP contribution in [0.4, 0.5) is 11.4 Å². The highest BCUT2D eigenvalue weighted by atomic mass is 35.5. The quantitative estimate of drug-likeness (QED) is 0.817. The van der Waals surface area contributed by atoms with Crippen molar-refractivity contribution in [3.63, 3.8) is 0 Å². The van der Waals surface area contributed by atoms with E-state index in [2.05, 4.69) is 39.4 Å². The Bertz CT molecular complexity index is 843. The van der Waals surface area contributed by atoms with Gasteiger partial charge in [-0.3, -0.25) is 9.69 Å². The van der Waals surface area contributed by atoms with Gasteiger partial charge in [0.15, 0.2) is 0 Å². The van der Waals surface area contributed by atoms with Gasteiger partial charge in [0.05, 0.1) is 5.92 Å². The summed E-state index contributed by atoms with van der Waals surface area (Å²) in [5, 5.41) is 3.79. The van der Waals surface area contributed by atoms with Gasteiger partial charge in [0.2, 0.25) is 5.91 Å². The highest BCUT2D eigenvalue weighted by molar-refractivity contribution is 6.30. The Morgan fingerprint density at radius 1 is 1.07 bits per heavy atom. The Kier molecular flexibility index (Phi) is 5.46. The van der Waals surface area contributed by atoms with Gasteiger partial charge >= 0.3 is 0 Å². The van der Waals surface area contributed by atoms with Crippen molar-refractivity contribution in [1.29, 1.82) is 0 Å². The van der Waals surface area contributed by atoms with Crippen molar-refractivity contribution in [2.45, 2.75) is 6.42 Å². The molecule has 2 aromatic rings. The number of para-hydroxylation sites is 1. The van der Waals surface area contributed by atoms with Crippen molar-refractivity contribution in [2.75, 3.05) is 42.9 Å². The molecular formula is C22H24ClN3O. The molecule has 140 valence electrons. The molecule has 1 N–H and O–H groups in total. The van der Waals surface area contributed by atoms with E-state index in [9.17, 15) is 4.79 Å². The normalized spacial score (nSPS) is 20.6. The number of hydrogen-bond donors (Lipinski definition) is 1. The number of piperazine rings is 1. The zero-order valence-electron chi connectivity index (χ0n) is 15.3. The van der Waals surface area contributed by atoms with Crippen LogP contribution < -0.4 is 10.2 Å². The molecule has 4 rings (SSSR count). The minimum absolute atomic E-state index is 0.0763. The first kappa shape index (κ1) is 18.1. The molecule has 27 heavy (non-hydrogen) atoms. The van der Waals surface area contributed by atoms with Crippen molar-refractivity contribution in [2.24, 2.45) is 5.92 Å². The molecule has 0 radical (unpaired) electrons. The molecule has 0 aliphatic carbocycles. The van der Waals surface area contributed by atoms with Gasteiger partial charge in [0, 0.05) is 49.1 Å². The lowest BCUT2D eigenvalue weighted by Crippen LogP contribution is -2.46. The maximum atomic E-state index is 12.3. The fraction of sp³-hybridized carbons (Fsp3) is 0.318. The van der Waals surface area contributed by atoms with Crippen LogP contribution in [0.3, 0.4) is 0 Å². The van der Waals surface area contributed by atoms with E-state index in [1.807, 2.05) is 36.4 Å². The molecule has 0 aromatic heterocycles. The van der Waals surface area contributed by atoms with E-state index in [1.165, 1.54) is 11.3 Å². The second-order valence-electron chi connectivity index (χ2n) is 7.15. The van der Waals surface area contributed by atoms with E-state index in [1.54, 1.807) is 0 Å². The molecule has 1 fully saturated rings. The maximum Gasteiger partial charge on any atom is 0.231 e. The largest absolute Gasteiger partial charge is 0.369 e. The Hall–Kier alpha value is -2.30. The third-order valence-electron chi connectivity index (χ3n) is 5.33. The van der Waals surface area contributed by atoms with Crippen LogP contribution in [0.2, 0.25) is 5.02 Å². The Balaban J connectivity index is 1.28. The first-order valence-electron chi connectivity index (χ1n) is 9.47. The van der Waals surface area contributed by atoms with Crippen LogP contribution in [-0.4, -0.2) is 43.5 Å². The number of hydrogen-bond acceptors (Lipinski definition) is 3. The van der Waals surface area contributed by atoms with Gasteiger partial charge < -0.3 is 10.2 Å². The molecule has 1 amide bonds. The third-order valence-corrected chi connectivity index (χ3v) is 5.56. The topological polar surface area (TPSA) is 35.6 Å². The maximum absolute atomic E-state index is 12.3. The lowest BCUT2D eigenvalue weighted by molar-refractivity contribution is -0.118. The van der Waals surface area contributed by atoms with Crippen molar-refractivity contribution < 1.29 is 4.79 Å². The number of anilines is 2. The van der Waals surface area contributed by atoms with Crippen molar-refractivity contribution >= 4 is 28.9 Å². The number of benzene rings is 2. The molecule has 2 aliphatic heterocycles. The van der Waals surface area contributed by atoms with Crippen molar-refractivity contribution in [3.05, 3.63) is 71.3 Å². The average molecular weight is 382 g/mol. The minimum atomic E-state index is -0.0763. The van der Waals surface area contributed by atoms with Crippen LogP contribution in [0.25, 0.3) is 0 Å². The van der Waals surface area contributed by atoms with Crippen molar-refractivity contribution in [3.8, 4) is 0 Å². The smallest absolute Gasteiger partial charge is 0.231 e. The van der Waals surface area contributed by atoms with Crippen molar-refractivity contribution in [1.82, 2.24) is 4.90 Å². The molecule has 0 spiro atoms. The number of nitrogens with one attached hydrogen (secondary N) is 1. The summed E-state index contributed by atoms with van der Waals surface area (Å²) in [6.07, 6.45) is 4.99. The van der Waals surface area contributed by atoms with Crippen LogP contribution in [0.5, 0.6) is 0 Å². The summed E-state index contributed by atoms with van der Waals surface area (Å²) in [7, 11) is 0. The first-order chi connectivity index (χ1) is 13.2. The number of rotatable bonds is 4. The molecule has 1 atom stereocenters. The van der Waals surface area contributed by atoms with Gasteiger partial charge in [-0.15, -0.1) is 0 Å². The number of nitrogens with zero attached hydrogens (tertiary/aromatic N) is 2. The highest BCUT2D eigenvalue weighted by Crippen LogP contribution is 2.26. The standard InChI is InChI=1S/C22H24ClN3O/c23-19-7-3-8-20(16-19)26-13-11-25(12-14-26)10-4-6-18-15-17-5-1-2-9-21(17)24-22(18)27/h1-9,16,18H,10-15H2,(H,24,27). The number of halogens is 1. The summed E-state index contributed by atoms with van der Waals surface area (Å²) >= 11 is 6.10. The van der Waals surface area contributed by atoms with E-state index in [-0.39, 0.29) is 11.8 Å². The summed E-state index contributed by atoms with van der Waals surface area (Å²) in [5.74, 6) is 0.0170. The van der Waals surface area contributed by atoms with Gasteiger partial charge in [-0.1, -0.05) is 48.0 Å². The molecule has 2 aromatic carbocycles. The summed E-state index contributed by atoms with van der Waals surface area (Å²) < 4.78 is 0. The van der Waals surface area contributed by atoms with Crippen LogP contribution in [0.1, 0.15) is 5.56 Å². The second-order valence-corrected chi connectivity index (χ2v) is 7.59. The van der Waals surface area contributed by atoms with E-state index in [0.29, 0.717) is 0 Å². The van der Waals surface area contributed by atoms with Crippen LogP contribution in [0.15, 0.2) is 60.7 Å². The lowest BCUT2D eigenvalue weighted by atomic mass is 9.93. The number of fused-ring (bicyclic) bond motifs is 1. The first-order valence-corrected chi connectivity index (χ1v) is 9.85. The van der Waals surface area contributed by atoms with E-state index in [0.717, 1.165) is 49.9 Å². The van der Waals surface area contributed by atoms with E-state index in [4.69, 9.17) is 11.6 Å². The van der Waals surface area contributed by atoms with Gasteiger partial charge in [0.1, 0.15) is 0 Å². The van der Waals surface area contributed by atoms with Gasteiger partial charge in [-0.25, -0.2) is 0 Å². The SMILES string of the molecule is O=C1Nc2ccccc2CC1C=CCN1CCN(c2cccc(Cl)c2)CC1. The molecule has 0 bridgehead atoms. The minimum Gasteiger partial charge on any atom is -0.369 e. The fourth-order valence-corrected chi connectivity index (χ4v) is 3.95. The molecule has 0 saturated carbocycles. The molecule has 5 heteroatoms. The molecule has 1 unspecified atom stereocenters. The van der Waals surface area contributed by atoms with Crippen LogP contribution in [-0.2, 0) is 11.2 Å². The van der Waals surface area contributed by atoms with E-state index < -0.39 is 0 Å². The number of amides is 1. The third kappa shape index (κ3) is 4.34. The Morgan fingerprint density at radius 3 is 2.70 bits per heavy atom. The summed E-state index contributed by atoms with van der Waals surface area (Å²) in [5.41, 5.74) is 3.35. The van der Waals surface area contributed by atoms with Gasteiger partial charge in [0.25, 0.3) is 0 Å². The van der Waals surface area contributed by atoms with Crippen LogP contribution >= 0.6 is 11.6 Å². The summed E-state index contributed by atoms with van der Waals surface area (Å²) in [4.78, 5) is 17.1. The second kappa shape index (κ2) is 8.15. The molecule has 1 saturated heterocycles.